The lowest BCUT2D eigenvalue weighted by molar-refractivity contribution is -0.120. The number of nitriles is 1. The number of amides is 1. The third-order valence-corrected chi connectivity index (χ3v) is 4.67. The average Bonchev–Trinajstić information content (AvgIpc) is 2.68. The summed E-state index contributed by atoms with van der Waals surface area (Å²) in [4.78, 5) is 19.0. The van der Waals surface area contributed by atoms with Crippen LogP contribution in [-0.4, -0.2) is 24.0 Å². The van der Waals surface area contributed by atoms with Gasteiger partial charge in [0.15, 0.2) is 0 Å². The molecule has 1 amide bonds. The molecule has 1 saturated heterocycles. The van der Waals surface area contributed by atoms with Gasteiger partial charge in [-0.3, -0.25) is 4.79 Å². The number of nitrogens with zero attached hydrogens (tertiary/aromatic N) is 3. The highest BCUT2D eigenvalue weighted by molar-refractivity contribution is 5.92. The Bertz CT molecular complexity index is 771. The number of hydrogen-bond acceptors (Lipinski definition) is 4. The lowest BCUT2D eigenvalue weighted by Crippen LogP contribution is -2.38. The molecule has 1 aromatic heterocycles. The number of anilines is 2. The Morgan fingerprint density at radius 3 is 2.76 bits per heavy atom. The molecular formula is C20H22N4O. The second kappa shape index (κ2) is 7.80. The SMILES string of the molecule is CCc1cccc(NC(=O)C2CCN(c3ccc(C#N)cn3)CC2)c1. The third kappa shape index (κ3) is 4.16. The number of hydrogen-bond donors (Lipinski definition) is 1. The molecular weight excluding hydrogens is 312 g/mol. The van der Waals surface area contributed by atoms with E-state index >= 15 is 0 Å². The average molecular weight is 334 g/mol. The van der Waals surface area contributed by atoms with Gasteiger partial charge < -0.3 is 10.2 Å². The number of carbonyl (C=O) groups excluding carboxylic acids is 1. The van der Waals surface area contributed by atoms with Crippen LogP contribution in [0.5, 0.6) is 0 Å². The molecule has 1 aliphatic heterocycles. The third-order valence-electron chi connectivity index (χ3n) is 4.67. The number of nitrogens with one attached hydrogen (secondary N) is 1. The van der Waals surface area contributed by atoms with Crippen LogP contribution in [0.3, 0.4) is 0 Å². The van der Waals surface area contributed by atoms with E-state index < -0.39 is 0 Å². The summed E-state index contributed by atoms with van der Waals surface area (Å²) in [5.74, 6) is 0.995. The second-order valence-corrected chi connectivity index (χ2v) is 6.32. The van der Waals surface area contributed by atoms with E-state index in [1.54, 1.807) is 12.3 Å². The molecule has 1 aliphatic rings. The van der Waals surface area contributed by atoms with E-state index in [4.69, 9.17) is 5.26 Å². The summed E-state index contributed by atoms with van der Waals surface area (Å²) in [6.45, 7) is 3.70. The molecule has 0 bridgehead atoms. The highest BCUT2D eigenvalue weighted by Gasteiger charge is 2.25. The first-order valence-corrected chi connectivity index (χ1v) is 8.70. The van der Waals surface area contributed by atoms with Crippen LogP contribution in [0.1, 0.15) is 30.9 Å². The van der Waals surface area contributed by atoms with Crippen LogP contribution in [-0.2, 0) is 11.2 Å². The minimum atomic E-state index is 0.0277. The number of benzene rings is 1. The van der Waals surface area contributed by atoms with Gasteiger partial charge in [0.2, 0.25) is 5.91 Å². The van der Waals surface area contributed by atoms with Crippen LogP contribution in [0.4, 0.5) is 11.5 Å². The Hall–Kier alpha value is -2.87. The molecule has 0 aliphatic carbocycles. The minimum absolute atomic E-state index is 0.0277. The molecule has 0 atom stereocenters. The Kier molecular flexibility index (Phi) is 5.30. The van der Waals surface area contributed by atoms with E-state index in [0.29, 0.717) is 5.56 Å². The zero-order chi connectivity index (χ0) is 17.6. The van der Waals surface area contributed by atoms with Crippen LogP contribution in [0.2, 0.25) is 0 Å². The van der Waals surface area contributed by atoms with Crippen molar-refractivity contribution in [3.05, 3.63) is 53.7 Å². The maximum atomic E-state index is 12.5. The first-order valence-electron chi connectivity index (χ1n) is 8.70. The molecule has 1 aromatic carbocycles. The standard InChI is InChI=1S/C20H22N4O/c1-2-15-4-3-5-18(12-15)23-20(25)17-8-10-24(11-9-17)19-7-6-16(13-21)14-22-19/h3-7,12,14,17H,2,8-11H2,1H3,(H,23,25). The van der Waals surface area contributed by atoms with Crippen LogP contribution in [0, 0.1) is 17.2 Å². The molecule has 0 saturated carbocycles. The van der Waals surface area contributed by atoms with Crippen LogP contribution < -0.4 is 10.2 Å². The number of carbonyl (C=O) groups is 1. The topological polar surface area (TPSA) is 69.0 Å². The maximum Gasteiger partial charge on any atom is 0.227 e. The van der Waals surface area contributed by atoms with Crippen molar-refractivity contribution in [2.75, 3.05) is 23.3 Å². The van der Waals surface area contributed by atoms with Crippen molar-refractivity contribution in [2.45, 2.75) is 26.2 Å². The molecule has 3 rings (SSSR count). The lowest BCUT2D eigenvalue weighted by Gasteiger charge is -2.32. The van der Waals surface area contributed by atoms with Gasteiger partial charge in [-0.25, -0.2) is 4.98 Å². The van der Waals surface area contributed by atoms with Crippen molar-refractivity contribution >= 4 is 17.4 Å². The molecule has 2 heterocycles. The summed E-state index contributed by atoms with van der Waals surface area (Å²) in [6.07, 6.45) is 4.16. The Labute approximate surface area is 148 Å². The molecule has 0 spiro atoms. The number of rotatable bonds is 4. The van der Waals surface area contributed by atoms with Crippen LogP contribution >= 0.6 is 0 Å². The first kappa shape index (κ1) is 17.0. The second-order valence-electron chi connectivity index (χ2n) is 6.32. The summed E-state index contributed by atoms with van der Waals surface area (Å²) in [7, 11) is 0. The fourth-order valence-corrected chi connectivity index (χ4v) is 3.12. The molecule has 25 heavy (non-hydrogen) atoms. The zero-order valence-electron chi connectivity index (χ0n) is 14.4. The molecule has 0 radical (unpaired) electrons. The number of piperidine rings is 1. The molecule has 1 fully saturated rings. The fourth-order valence-electron chi connectivity index (χ4n) is 3.12. The van der Waals surface area contributed by atoms with Crippen molar-refractivity contribution in [2.24, 2.45) is 5.92 Å². The summed E-state index contributed by atoms with van der Waals surface area (Å²) in [5.41, 5.74) is 2.66. The lowest BCUT2D eigenvalue weighted by atomic mass is 9.95. The van der Waals surface area contributed by atoms with Gasteiger partial charge in [0.1, 0.15) is 11.9 Å². The normalized spacial score (nSPS) is 14.8. The highest BCUT2D eigenvalue weighted by Crippen LogP contribution is 2.23. The van der Waals surface area contributed by atoms with Gasteiger partial charge in [0, 0.05) is 30.9 Å². The van der Waals surface area contributed by atoms with Crippen LogP contribution in [0.25, 0.3) is 0 Å². The monoisotopic (exact) mass is 334 g/mol. The van der Waals surface area contributed by atoms with Gasteiger partial charge in [-0.2, -0.15) is 5.26 Å². The number of aryl methyl sites for hydroxylation is 1. The van der Waals surface area contributed by atoms with Gasteiger partial charge >= 0.3 is 0 Å². The maximum absolute atomic E-state index is 12.5. The summed E-state index contributed by atoms with van der Waals surface area (Å²) in [6, 6.07) is 13.7. The van der Waals surface area contributed by atoms with Crippen molar-refractivity contribution in [3.63, 3.8) is 0 Å². The van der Waals surface area contributed by atoms with Gasteiger partial charge in [-0.15, -0.1) is 0 Å². The fraction of sp³-hybridized carbons (Fsp3) is 0.350. The molecule has 5 nitrogen and oxygen atoms in total. The predicted octanol–water partition coefficient (Wildman–Crippen LogP) is 3.37. The van der Waals surface area contributed by atoms with E-state index in [1.807, 2.05) is 24.3 Å². The van der Waals surface area contributed by atoms with Crippen LogP contribution in [0.15, 0.2) is 42.6 Å². The Morgan fingerprint density at radius 1 is 1.32 bits per heavy atom. The van der Waals surface area contributed by atoms with E-state index in [1.165, 1.54) is 5.56 Å². The first-order chi connectivity index (χ1) is 12.2. The molecule has 5 heteroatoms. The van der Waals surface area contributed by atoms with E-state index in [0.717, 1.165) is 43.9 Å². The summed E-state index contributed by atoms with van der Waals surface area (Å²) >= 11 is 0. The van der Waals surface area contributed by atoms with Gasteiger partial charge in [0.25, 0.3) is 0 Å². The molecule has 128 valence electrons. The van der Waals surface area contributed by atoms with E-state index in [2.05, 4.69) is 34.3 Å². The molecule has 0 unspecified atom stereocenters. The van der Waals surface area contributed by atoms with Crippen molar-refractivity contribution < 1.29 is 4.79 Å². The minimum Gasteiger partial charge on any atom is -0.357 e. The van der Waals surface area contributed by atoms with Crippen molar-refractivity contribution in [1.82, 2.24) is 4.98 Å². The van der Waals surface area contributed by atoms with E-state index in [9.17, 15) is 4.79 Å². The Morgan fingerprint density at radius 2 is 2.12 bits per heavy atom. The van der Waals surface area contributed by atoms with E-state index in [-0.39, 0.29) is 11.8 Å². The van der Waals surface area contributed by atoms with Gasteiger partial charge in [0.05, 0.1) is 5.56 Å². The molecule has 1 N–H and O–H groups in total. The predicted molar refractivity (Wildman–Crippen MR) is 98.3 cm³/mol. The number of pyridine rings is 1. The Balaban J connectivity index is 1.56. The summed E-state index contributed by atoms with van der Waals surface area (Å²) < 4.78 is 0. The largest absolute Gasteiger partial charge is 0.357 e. The summed E-state index contributed by atoms with van der Waals surface area (Å²) in [5, 5.41) is 11.9. The molecule has 2 aromatic rings. The van der Waals surface area contributed by atoms with Crippen molar-refractivity contribution in [3.8, 4) is 6.07 Å². The zero-order valence-corrected chi connectivity index (χ0v) is 14.4. The van der Waals surface area contributed by atoms with Gasteiger partial charge in [-0.05, 0) is 49.1 Å². The highest BCUT2D eigenvalue weighted by atomic mass is 16.1. The quantitative estimate of drug-likeness (QED) is 0.931. The number of aromatic nitrogens is 1. The van der Waals surface area contributed by atoms with Gasteiger partial charge in [-0.1, -0.05) is 19.1 Å². The van der Waals surface area contributed by atoms with Crippen molar-refractivity contribution in [1.29, 1.82) is 5.26 Å². The smallest absolute Gasteiger partial charge is 0.227 e.